The molecule has 1 saturated heterocycles. The molecule has 3 aromatic rings. The maximum absolute atomic E-state index is 12.8. The van der Waals surface area contributed by atoms with Crippen LogP contribution in [-0.4, -0.2) is 45.9 Å². The van der Waals surface area contributed by atoms with E-state index in [0.29, 0.717) is 43.2 Å². The molecule has 170 valence electrons. The van der Waals surface area contributed by atoms with Crippen LogP contribution in [0.4, 0.5) is 5.69 Å². The number of benzene rings is 2. The molecule has 0 atom stereocenters. The number of aromatic nitrogens is 2. The lowest BCUT2D eigenvalue weighted by Gasteiger charge is -2.30. The number of amides is 3. The van der Waals surface area contributed by atoms with E-state index in [9.17, 15) is 14.4 Å². The molecule has 1 aliphatic rings. The first-order valence-corrected chi connectivity index (χ1v) is 11.7. The molecule has 1 aliphatic heterocycles. The van der Waals surface area contributed by atoms with E-state index in [1.54, 1.807) is 29.2 Å². The Kier molecular flexibility index (Phi) is 7.31. The lowest BCUT2D eigenvalue weighted by atomic mass is 9.96. The van der Waals surface area contributed by atoms with Crippen LogP contribution in [0.15, 0.2) is 54.6 Å². The second-order valence-electron chi connectivity index (χ2n) is 7.65. The van der Waals surface area contributed by atoms with E-state index >= 15 is 0 Å². The highest BCUT2D eigenvalue weighted by Crippen LogP contribution is 2.22. The standard InChI is InChI=1S/C23H22ClN5O3S/c24-17-7-4-8-18(13-17)26-20(31)21-27-28-22(33-21)23(32)29-11-9-16(10-12-29)19(30)25-14-15-5-2-1-3-6-15/h1-8,13,16H,9-12,14H2,(H,25,30)(H,26,31). The van der Waals surface area contributed by atoms with Crippen LogP contribution >= 0.6 is 22.9 Å². The number of hydrogen-bond acceptors (Lipinski definition) is 6. The van der Waals surface area contributed by atoms with Gasteiger partial charge in [0.15, 0.2) is 0 Å². The van der Waals surface area contributed by atoms with Crippen molar-refractivity contribution in [3.63, 3.8) is 0 Å². The van der Waals surface area contributed by atoms with E-state index in [1.165, 1.54) is 0 Å². The fourth-order valence-corrected chi connectivity index (χ4v) is 4.46. The summed E-state index contributed by atoms with van der Waals surface area (Å²) in [6.45, 7) is 1.39. The Morgan fingerprint density at radius 2 is 1.73 bits per heavy atom. The molecule has 0 aliphatic carbocycles. The van der Waals surface area contributed by atoms with Gasteiger partial charge in [0.2, 0.25) is 15.9 Å². The summed E-state index contributed by atoms with van der Waals surface area (Å²) in [6.07, 6.45) is 1.15. The largest absolute Gasteiger partial charge is 0.352 e. The highest BCUT2D eigenvalue weighted by molar-refractivity contribution is 7.15. The molecular weight excluding hydrogens is 462 g/mol. The van der Waals surface area contributed by atoms with Crippen LogP contribution < -0.4 is 10.6 Å². The van der Waals surface area contributed by atoms with Gasteiger partial charge < -0.3 is 15.5 Å². The van der Waals surface area contributed by atoms with Gasteiger partial charge in [0.25, 0.3) is 11.8 Å². The lowest BCUT2D eigenvalue weighted by molar-refractivity contribution is -0.126. The normalized spacial score (nSPS) is 14.0. The zero-order chi connectivity index (χ0) is 23.2. The lowest BCUT2D eigenvalue weighted by Crippen LogP contribution is -2.42. The maximum atomic E-state index is 12.8. The van der Waals surface area contributed by atoms with Crippen molar-refractivity contribution in [1.82, 2.24) is 20.4 Å². The molecule has 8 nitrogen and oxygen atoms in total. The predicted octanol–water partition coefficient (Wildman–Crippen LogP) is 3.61. The zero-order valence-electron chi connectivity index (χ0n) is 17.7. The number of halogens is 1. The fourth-order valence-electron chi connectivity index (χ4n) is 3.56. The first-order chi connectivity index (χ1) is 16.0. The number of nitrogens with one attached hydrogen (secondary N) is 2. The summed E-state index contributed by atoms with van der Waals surface area (Å²) in [5.74, 6) is -0.867. The molecule has 1 aromatic heterocycles. The summed E-state index contributed by atoms with van der Waals surface area (Å²) < 4.78 is 0. The second-order valence-corrected chi connectivity index (χ2v) is 9.06. The van der Waals surface area contributed by atoms with E-state index in [4.69, 9.17) is 11.6 Å². The molecule has 0 saturated carbocycles. The first kappa shape index (κ1) is 22.9. The van der Waals surface area contributed by atoms with Gasteiger partial charge in [-0.15, -0.1) is 10.2 Å². The molecule has 10 heteroatoms. The Bertz CT molecular complexity index is 1150. The number of piperidine rings is 1. The molecule has 4 rings (SSSR count). The topological polar surface area (TPSA) is 104 Å². The first-order valence-electron chi connectivity index (χ1n) is 10.5. The Balaban J connectivity index is 1.28. The third-order valence-corrected chi connectivity index (χ3v) is 6.49. The molecule has 0 spiro atoms. The van der Waals surface area contributed by atoms with Gasteiger partial charge in [-0.3, -0.25) is 14.4 Å². The van der Waals surface area contributed by atoms with Crippen LogP contribution in [0.25, 0.3) is 0 Å². The highest BCUT2D eigenvalue weighted by atomic mass is 35.5. The molecule has 0 radical (unpaired) electrons. The fraction of sp³-hybridized carbons (Fsp3) is 0.261. The highest BCUT2D eigenvalue weighted by Gasteiger charge is 2.29. The minimum Gasteiger partial charge on any atom is -0.352 e. The number of nitrogens with zero attached hydrogens (tertiary/aromatic N) is 3. The third kappa shape index (κ3) is 5.94. The second kappa shape index (κ2) is 10.5. The Labute approximate surface area is 200 Å². The smallest absolute Gasteiger partial charge is 0.286 e. The summed E-state index contributed by atoms with van der Waals surface area (Å²) in [7, 11) is 0. The van der Waals surface area contributed by atoms with Crippen LogP contribution in [0.3, 0.4) is 0 Å². The van der Waals surface area contributed by atoms with Crippen molar-refractivity contribution in [3.05, 3.63) is 75.2 Å². The summed E-state index contributed by atoms with van der Waals surface area (Å²) in [5.41, 5.74) is 1.58. The van der Waals surface area contributed by atoms with Crippen molar-refractivity contribution in [2.24, 2.45) is 5.92 Å². The van der Waals surface area contributed by atoms with Gasteiger partial charge in [-0.05, 0) is 36.6 Å². The van der Waals surface area contributed by atoms with Crippen molar-refractivity contribution in [1.29, 1.82) is 0 Å². The summed E-state index contributed by atoms with van der Waals surface area (Å²) >= 11 is 6.87. The van der Waals surface area contributed by atoms with Crippen LogP contribution in [-0.2, 0) is 11.3 Å². The van der Waals surface area contributed by atoms with Crippen molar-refractivity contribution in [2.45, 2.75) is 19.4 Å². The minimum atomic E-state index is -0.456. The van der Waals surface area contributed by atoms with Crippen LogP contribution in [0.1, 0.15) is 38.0 Å². The quantitative estimate of drug-likeness (QED) is 0.557. The molecule has 0 bridgehead atoms. The number of rotatable bonds is 6. The Morgan fingerprint density at radius 3 is 2.45 bits per heavy atom. The Morgan fingerprint density at radius 1 is 1.00 bits per heavy atom. The van der Waals surface area contributed by atoms with Crippen LogP contribution in [0, 0.1) is 5.92 Å². The zero-order valence-corrected chi connectivity index (χ0v) is 19.2. The van der Waals surface area contributed by atoms with Crippen molar-refractivity contribution >= 4 is 46.3 Å². The van der Waals surface area contributed by atoms with E-state index in [-0.39, 0.29) is 27.7 Å². The third-order valence-electron chi connectivity index (χ3n) is 5.35. The average molecular weight is 484 g/mol. The summed E-state index contributed by atoms with van der Waals surface area (Å²) in [6, 6.07) is 16.5. The van der Waals surface area contributed by atoms with E-state index in [1.807, 2.05) is 30.3 Å². The molecule has 1 fully saturated rings. The number of hydrogen-bond donors (Lipinski definition) is 2. The summed E-state index contributed by atoms with van der Waals surface area (Å²) in [4.78, 5) is 39.3. The molecular formula is C23H22ClN5O3S. The van der Waals surface area contributed by atoms with Gasteiger partial charge in [-0.1, -0.05) is 59.3 Å². The van der Waals surface area contributed by atoms with Gasteiger partial charge in [-0.25, -0.2) is 0 Å². The molecule has 2 heterocycles. The molecule has 2 aromatic carbocycles. The molecule has 3 amide bonds. The monoisotopic (exact) mass is 483 g/mol. The van der Waals surface area contributed by atoms with Crippen LogP contribution in [0.5, 0.6) is 0 Å². The van der Waals surface area contributed by atoms with Crippen LogP contribution in [0.2, 0.25) is 5.02 Å². The van der Waals surface area contributed by atoms with E-state index in [0.717, 1.165) is 16.9 Å². The number of anilines is 1. The average Bonchev–Trinajstić information content (AvgIpc) is 3.33. The maximum Gasteiger partial charge on any atom is 0.286 e. The SMILES string of the molecule is O=C(Nc1cccc(Cl)c1)c1nnc(C(=O)N2CCC(C(=O)NCc3ccccc3)CC2)s1. The number of carbonyl (C=O) groups excluding carboxylic acids is 3. The summed E-state index contributed by atoms with van der Waals surface area (Å²) in [5, 5.41) is 14.2. The van der Waals surface area contributed by atoms with Gasteiger partial charge in [0.05, 0.1) is 0 Å². The molecule has 33 heavy (non-hydrogen) atoms. The minimum absolute atomic E-state index is 0.00170. The van der Waals surface area contributed by atoms with E-state index < -0.39 is 5.91 Å². The number of carbonyl (C=O) groups is 3. The van der Waals surface area contributed by atoms with Crippen molar-refractivity contribution in [3.8, 4) is 0 Å². The number of likely N-dealkylation sites (tertiary alicyclic amines) is 1. The Hall–Kier alpha value is -3.30. The van der Waals surface area contributed by atoms with Gasteiger partial charge in [0.1, 0.15) is 0 Å². The molecule has 2 N–H and O–H groups in total. The van der Waals surface area contributed by atoms with Gasteiger partial charge in [-0.2, -0.15) is 0 Å². The van der Waals surface area contributed by atoms with Crippen molar-refractivity contribution < 1.29 is 14.4 Å². The van der Waals surface area contributed by atoms with Gasteiger partial charge in [0, 0.05) is 36.3 Å². The van der Waals surface area contributed by atoms with Crippen molar-refractivity contribution in [2.75, 3.05) is 18.4 Å². The van der Waals surface area contributed by atoms with Gasteiger partial charge >= 0.3 is 0 Å². The molecule has 0 unspecified atom stereocenters. The van der Waals surface area contributed by atoms with E-state index in [2.05, 4.69) is 20.8 Å². The predicted molar refractivity (Wildman–Crippen MR) is 126 cm³/mol.